The van der Waals surface area contributed by atoms with Gasteiger partial charge >= 0.3 is 5.97 Å². The van der Waals surface area contributed by atoms with Gasteiger partial charge in [0.25, 0.3) is 0 Å². The molecule has 0 saturated heterocycles. The number of aryl methyl sites for hydroxylation is 1. The van der Waals surface area contributed by atoms with Gasteiger partial charge in [0, 0.05) is 4.47 Å². The lowest BCUT2D eigenvalue weighted by atomic mass is 10.2. The van der Waals surface area contributed by atoms with E-state index in [0.29, 0.717) is 0 Å². The number of esters is 1. The SMILES string of the molecule is COC(=O)Cc1ccc(Br)c(C)n1. The fraction of sp³-hybridized carbons (Fsp3) is 0.333. The van der Waals surface area contributed by atoms with Gasteiger partial charge < -0.3 is 4.74 Å². The number of aromatic nitrogens is 1. The first-order chi connectivity index (χ1) is 6.13. The van der Waals surface area contributed by atoms with Gasteiger partial charge in [-0.05, 0) is 35.0 Å². The third-order valence-electron chi connectivity index (χ3n) is 1.63. The highest BCUT2D eigenvalue weighted by Gasteiger charge is 2.05. The molecule has 70 valence electrons. The molecule has 1 heterocycles. The number of ether oxygens (including phenoxy) is 1. The van der Waals surface area contributed by atoms with Crippen molar-refractivity contribution in [2.75, 3.05) is 7.11 Å². The normalized spacial score (nSPS) is 9.77. The predicted molar refractivity (Wildman–Crippen MR) is 52.4 cm³/mol. The highest BCUT2D eigenvalue weighted by Crippen LogP contribution is 2.13. The van der Waals surface area contributed by atoms with Crippen molar-refractivity contribution in [3.05, 3.63) is 28.0 Å². The standard InChI is InChI=1S/C9H10BrNO2/c1-6-8(10)4-3-7(11-6)5-9(12)13-2/h3-4H,5H2,1-2H3. The lowest BCUT2D eigenvalue weighted by Crippen LogP contribution is -2.06. The number of carbonyl (C=O) groups is 1. The maximum atomic E-state index is 10.9. The molecular formula is C9H10BrNO2. The van der Waals surface area contributed by atoms with Gasteiger partial charge in [-0.3, -0.25) is 9.78 Å². The van der Waals surface area contributed by atoms with Crippen molar-refractivity contribution in [1.29, 1.82) is 0 Å². The Morgan fingerprint density at radius 3 is 2.85 bits per heavy atom. The minimum absolute atomic E-state index is 0.227. The van der Waals surface area contributed by atoms with Crippen LogP contribution in [-0.4, -0.2) is 18.1 Å². The molecule has 13 heavy (non-hydrogen) atoms. The third-order valence-corrected chi connectivity index (χ3v) is 2.47. The zero-order valence-electron chi connectivity index (χ0n) is 7.50. The van der Waals surface area contributed by atoms with Crippen molar-refractivity contribution in [3.8, 4) is 0 Å². The molecule has 1 rings (SSSR count). The lowest BCUT2D eigenvalue weighted by Gasteiger charge is -2.01. The zero-order valence-corrected chi connectivity index (χ0v) is 9.09. The van der Waals surface area contributed by atoms with Crippen LogP contribution in [-0.2, 0) is 16.0 Å². The Morgan fingerprint density at radius 2 is 2.31 bits per heavy atom. The minimum atomic E-state index is -0.269. The smallest absolute Gasteiger partial charge is 0.311 e. The van der Waals surface area contributed by atoms with Crippen LogP contribution in [0.15, 0.2) is 16.6 Å². The molecule has 0 bridgehead atoms. The Morgan fingerprint density at radius 1 is 1.62 bits per heavy atom. The van der Waals surface area contributed by atoms with Crippen molar-refractivity contribution in [3.63, 3.8) is 0 Å². The van der Waals surface area contributed by atoms with Gasteiger partial charge in [-0.15, -0.1) is 0 Å². The molecule has 0 atom stereocenters. The number of rotatable bonds is 2. The van der Waals surface area contributed by atoms with E-state index in [9.17, 15) is 4.79 Å². The summed E-state index contributed by atoms with van der Waals surface area (Å²) < 4.78 is 5.48. The van der Waals surface area contributed by atoms with Gasteiger partial charge in [-0.2, -0.15) is 0 Å². The van der Waals surface area contributed by atoms with Crippen molar-refractivity contribution < 1.29 is 9.53 Å². The Hall–Kier alpha value is -0.900. The summed E-state index contributed by atoms with van der Waals surface area (Å²) in [4.78, 5) is 15.1. The molecule has 3 nitrogen and oxygen atoms in total. The average Bonchev–Trinajstić information content (AvgIpc) is 2.11. The number of pyridine rings is 1. The molecule has 0 spiro atoms. The van der Waals surface area contributed by atoms with Gasteiger partial charge in [-0.1, -0.05) is 0 Å². The maximum Gasteiger partial charge on any atom is 0.311 e. The summed E-state index contributed by atoms with van der Waals surface area (Å²) in [5, 5.41) is 0. The van der Waals surface area contributed by atoms with Crippen LogP contribution in [0.4, 0.5) is 0 Å². The Labute approximate surface area is 85.3 Å². The molecule has 4 heteroatoms. The summed E-state index contributed by atoms with van der Waals surface area (Å²) in [5.41, 5.74) is 1.61. The van der Waals surface area contributed by atoms with Crippen LogP contribution in [0.1, 0.15) is 11.4 Å². The van der Waals surface area contributed by atoms with Crippen LogP contribution in [0.25, 0.3) is 0 Å². The number of halogens is 1. The molecule has 0 N–H and O–H groups in total. The van der Waals surface area contributed by atoms with E-state index in [4.69, 9.17) is 0 Å². The Kier molecular flexibility index (Phi) is 3.42. The van der Waals surface area contributed by atoms with Crippen molar-refractivity contribution in [1.82, 2.24) is 4.98 Å². The average molecular weight is 244 g/mol. The summed E-state index contributed by atoms with van der Waals surface area (Å²) in [7, 11) is 1.37. The second kappa shape index (κ2) is 4.37. The van der Waals surface area contributed by atoms with E-state index in [1.165, 1.54) is 7.11 Å². The largest absolute Gasteiger partial charge is 0.469 e. The van der Waals surface area contributed by atoms with Crippen LogP contribution in [0.2, 0.25) is 0 Å². The maximum absolute atomic E-state index is 10.9. The molecule has 0 saturated carbocycles. The number of methoxy groups -OCH3 is 1. The van der Waals surface area contributed by atoms with Crippen molar-refractivity contribution in [2.45, 2.75) is 13.3 Å². The quantitative estimate of drug-likeness (QED) is 0.745. The van der Waals surface area contributed by atoms with Crippen molar-refractivity contribution in [2.24, 2.45) is 0 Å². The second-order valence-corrected chi connectivity index (χ2v) is 3.48. The molecule has 0 fully saturated rings. The summed E-state index contributed by atoms with van der Waals surface area (Å²) in [6.07, 6.45) is 0.227. The highest BCUT2D eigenvalue weighted by atomic mass is 79.9. The van der Waals surface area contributed by atoms with Gasteiger partial charge in [0.1, 0.15) is 0 Å². The van der Waals surface area contributed by atoms with E-state index in [0.717, 1.165) is 15.9 Å². The van der Waals surface area contributed by atoms with Gasteiger partial charge in [-0.25, -0.2) is 0 Å². The van der Waals surface area contributed by atoms with Gasteiger partial charge in [0.05, 0.1) is 24.9 Å². The van der Waals surface area contributed by atoms with Crippen LogP contribution in [0.5, 0.6) is 0 Å². The van der Waals surface area contributed by atoms with Crippen LogP contribution in [0.3, 0.4) is 0 Å². The molecule has 0 aromatic carbocycles. The molecule has 0 unspecified atom stereocenters. The molecule has 0 radical (unpaired) electrons. The van der Waals surface area contributed by atoms with Crippen LogP contribution < -0.4 is 0 Å². The number of hydrogen-bond donors (Lipinski definition) is 0. The minimum Gasteiger partial charge on any atom is -0.469 e. The second-order valence-electron chi connectivity index (χ2n) is 2.62. The van der Waals surface area contributed by atoms with E-state index in [1.54, 1.807) is 6.07 Å². The molecule has 1 aromatic heterocycles. The van der Waals surface area contributed by atoms with E-state index >= 15 is 0 Å². The van der Waals surface area contributed by atoms with Crippen molar-refractivity contribution >= 4 is 21.9 Å². The summed E-state index contributed by atoms with van der Waals surface area (Å²) in [5.74, 6) is -0.269. The number of hydrogen-bond acceptors (Lipinski definition) is 3. The first-order valence-electron chi connectivity index (χ1n) is 3.82. The molecule has 0 aliphatic rings. The van der Waals surface area contributed by atoms with E-state index < -0.39 is 0 Å². The fourth-order valence-electron chi connectivity index (χ4n) is 0.915. The predicted octanol–water partition coefficient (Wildman–Crippen LogP) is 1.87. The lowest BCUT2D eigenvalue weighted by molar-refractivity contribution is -0.139. The topological polar surface area (TPSA) is 39.2 Å². The Balaban J connectivity index is 2.79. The molecular weight excluding hydrogens is 234 g/mol. The molecule has 0 aliphatic carbocycles. The monoisotopic (exact) mass is 243 g/mol. The fourth-order valence-corrected chi connectivity index (χ4v) is 1.14. The molecule has 0 aliphatic heterocycles. The zero-order chi connectivity index (χ0) is 9.84. The first kappa shape index (κ1) is 10.2. The summed E-state index contributed by atoms with van der Waals surface area (Å²) in [6.45, 7) is 1.88. The van der Waals surface area contributed by atoms with E-state index in [2.05, 4.69) is 25.7 Å². The summed E-state index contributed by atoms with van der Waals surface area (Å²) in [6, 6.07) is 3.68. The van der Waals surface area contributed by atoms with Gasteiger partial charge in [0.15, 0.2) is 0 Å². The van der Waals surface area contributed by atoms with E-state index in [-0.39, 0.29) is 12.4 Å². The summed E-state index contributed by atoms with van der Waals surface area (Å²) >= 11 is 3.33. The molecule has 1 aromatic rings. The molecule has 0 amide bonds. The first-order valence-corrected chi connectivity index (χ1v) is 4.61. The third kappa shape index (κ3) is 2.81. The highest BCUT2D eigenvalue weighted by molar-refractivity contribution is 9.10. The Bertz CT molecular complexity index is 325. The van der Waals surface area contributed by atoms with Crippen LogP contribution >= 0.6 is 15.9 Å². The van der Waals surface area contributed by atoms with Gasteiger partial charge in [0.2, 0.25) is 0 Å². The number of nitrogens with zero attached hydrogens (tertiary/aromatic N) is 1. The van der Waals surface area contributed by atoms with E-state index in [1.807, 2.05) is 13.0 Å². The number of carbonyl (C=O) groups excluding carboxylic acids is 1. The van der Waals surface area contributed by atoms with Crippen LogP contribution in [0, 0.1) is 6.92 Å².